The van der Waals surface area contributed by atoms with Crippen LogP contribution in [0.25, 0.3) is 0 Å². The zero-order chi connectivity index (χ0) is 12.1. The number of rotatable bonds is 5. The van der Waals surface area contributed by atoms with Gasteiger partial charge in [-0.1, -0.05) is 23.4 Å². The van der Waals surface area contributed by atoms with Gasteiger partial charge in [-0.15, -0.1) is 0 Å². The van der Waals surface area contributed by atoms with Crippen molar-refractivity contribution in [1.29, 1.82) is 0 Å². The molecule has 0 saturated heterocycles. The monoisotopic (exact) mass is 234 g/mol. The average molecular weight is 234 g/mol. The van der Waals surface area contributed by atoms with E-state index in [2.05, 4.69) is 10.1 Å². The molecule has 90 valence electrons. The fourth-order valence-corrected chi connectivity index (χ4v) is 1.31. The van der Waals surface area contributed by atoms with Crippen LogP contribution in [-0.4, -0.2) is 21.9 Å². The number of hydrogen-bond acceptors (Lipinski definition) is 5. The molecule has 0 spiro atoms. The largest absolute Gasteiger partial charge is 0.493 e. The third kappa shape index (κ3) is 3.29. The summed E-state index contributed by atoms with van der Waals surface area (Å²) in [6, 6.07) is 9.52. The molecule has 5 heteroatoms. The minimum atomic E-state index is -0.706. The average Bonchev–Trinajstić information content (AvgIpc) is 2.79. The van der Waals surface area contributed by atoms with Gasteiger partial charge in [0.15, 0.2) is 5.82 Å². The number of aliphatic hydroxyl groups is 1. The van der Waals surface area contributed by atoms with Gasteiger partial charge in [0.05, 0.1) is 13.0 Å². The zero-order valence-corrected chi connectivity index (χ0v) is 9.54. The standard InChI is InChI=1S/C12H14N2O3/c1-9(15)12-13-11(17-14-12)7-8-16-10-5-3-2-4-6-10/h2-6,9,15H,7-8H2,1H3. The van der Waals surface area contributed by atoms with Gasteiger partial charge in [-0.3, -0.25) is 0 Å². The molecule has 17 heavy (non-hydrogen) atoms. The van der Waals surface area contributed by atoms with Crippen LogP contribution in [0.1, 0.15) is 24.7 Å². The summed E-state index contributed by atoms with van der Waals surface area (Å²) in [4.78, 5) is 4.03. The maximum atomic E-state index is 9.22. The normalized spacial score (nSPS) is 12.4. The summed E-state index contributed by atoms with van der Waals surface area (Å²) in [6.07, 6.45) is -0.184. The molecule has 1 heterocycles. The Morgan fingerprint density at radius 3 is 2.76 bits per heavy atom. The molecular weight excluding hydrogens is 220 g/mol. The number of nitrogens with zero attached hydrogens (tertiary/aromatic N) is 2. The number of aliphatic hydroxyl groups excluding tert-OH is 1. The van der Waals surface area contributed by atoms with E-state index in [-0.39, 0.29) is 0 Å². The van der Waals surface area contributed by atoms with Crippen LogP contribution in [0.4, 0.5) is 0 Å². The van der Waals surface area contributed by atoms with E-state index < -0.39 is 6.10 Å². The second-order valence-corrected chi connectivity index (χ2v) is 3.63. The van der Waals surface area contributed by atoms with E-state index in [0.717, 1.165) is 5.75 Å². The molecule has 1 atom stereocenters. The number of ether oxygens (including phenoxy) is 1. The molecule has 2 aromatic rings. The van der Waals surface area contributed by atoms with Crippen molar-refractivity contribution in [3.8, 4) is 5.75 Å². The van der Waals surface area contributed by atoms with Gasteiger partial charge in [0.1, 0.15) is 11.9 Å². The lowest BCUT2D eigenvalue weighted by Gasteiger charge is -2.02. The van der Waals surface area contributed by atoms with Crippen molar-refractivity contribution in [2.75, 3.05) is 6.61 Å². The molecular formula is C12H14N2O3. The van der Waals surface area contributed by atoms with Crippen LogP contribution < -0.4 is 4.74 Å². The van der Waals surface area contributed by atoms with Crippen LogP contribution in [0.5, 0.6) is 5.75 Å². The van der Waals surface area contributed by atoms with Crippen molar-refractivity contribution in [3.63, 3.8) is 0 Å². The van der Waals surface area contributed by atoms with Gasteiger partial charge >= 0.3 is 0 Å². The molecule has 1 unspecified atom stereocenters. The Kier molecular flexibility index (Phi) is 3.72. The summed E-state index contributed by atoms with van der Waals surface area (Å²) in [5.41, 5.74) is 0. The summed E-state index contributed by atoms with van der Waals surface area (Å²) in [6.45, 7) is 2.06. The van der Waals surface area contributed by atoms with E-state index in [1.807, 2.05) is 30.3 Å². The smallest absolute Gasteiger partial charge is 0.230 e. The van der Waals surface area contributed by atoms with E-state index in [1.54, 1.807) is 6.92 Å². The summed E-state index contributed by atoms with van der Waals surface area (Å²) in [5.74, 6) is 1.58. The molecule has 1 N–H and O–H groups in total. The van der Waals surface area contributed by atoms with E-state index in [9.17, 15) is 5.11 Å². The lowest BCUT2D eigenvalue weighted by atomic mass is 10.3. The van der Waals surface area contributed by atoms with Crippen molar-refractivity contribution < 1.29 is 14.4 Å². The summed E-state index contributed by atoms with van der Waals surface area (Å²) >= 11 is 0. The highest BCUT2D eigenvalue weighted by atomic mass is 16.5. The molecule has 2 rings (SSSR count). The molecule has 1 aromatic carbocycles. The Bertz CT molecular complexity index is 454. The van der Waals surface area contributed by atoms with E-state index in [4.69, 9.17) is 9.26 Å². The third-order valence-electron chi connectivity index (χ3n) is 2.19. The minimum Gasteiger partial charge on any atom is -0.493 e. The minimum absolute atomic E-state index is 0.305. The lowest BCUT2D eigenvalue weighted by Crippen LogP contribution is -2.02. The van der Waals surface area contributed by atoms with Crippen molar-refractivity contribution in [2.45, 2.75) is 19.4 Å². The first kappa shape index (κ1) is 11.6. The van der Waals surface area contributed by atoms with Crippen LogP contribution in [-0.2, 0) is 6.42 Å². The zero-order valence-electron chi connectivity index (χ0n) is 9.54. The molecule has 0 aliphatic carbocycles. The van der Waals surface area contributed by atoms with Crippen molar-refractivity contribution in [1.82, 2.24) is 10.1 Å². The van der Waals surface area contributed by atoms with Gasteiger partial charge in [0, 0.05) is 0 Å². The fraction of sp³-hybridized carbons (Fsp3) is 0.333. The van der Waals surface area contributed by atoms with Gasteiger partial charge in [-0.05, 0) is 19.1 Å². The molecule has 0 bridgehead atoms. The molecule has 0 amide bonds. The SMILES string of the molecule is CC(O)c1noc(CCOc2ccccc2)n1. The lowest BCUT2D eigenvalue weighted by molar-refractivity contribution is 0.184. The van der Waals surface area contributed by atoms with Crippen LogP contribution in [0.15, 0.2) is 34.9 Å². The van der Waals surface area contributed by atoms with E-state index >= 15 is 0 Å². The second-order valence-electron chi connectivity index (χ2n) is 3.63. The molecule has 0 aliphatic rings. The highest BCUT2D eigenvalue weighted by Gasteiger charge is 2.10. The highest BCUT2D eigenvalue weighted by Crippen LogP contribution is 2.10. The van der Waals surface area contributed by atoms with Crippen molar-refractivity contribution >= 4 is 0 Å². The third-order valence-corrected chi connectivity index (χ3v) is 2.19. The van der Waals surface area contributed by atoms with Gasteiger partial charge in [-0.2, -0.15) is 4.98 Å². The fourth-order valence-electron chi connectivity index (χ4n) is 1.31. The van der Waals surface area contributed by atoms with Crippen LogP contribution in [0.2, 0.25) is 0 Å². The Morgan fingerprint density at radius 1 is 1.35 bits per heavy atom. The molecule has 5 nitrogen and oxygen atoms in total. The number of hydrogen-bond donors (Lipinski definition) is 1. The summed E-state index contributed by atoms with van der Waals surface area (Å²) < 4.78 is 10.5. The quantitative estimate of drug-likeness (QED) is 0.853. The number of benzene rings is 1. The van der Waals surface area contributed by atoms with Crippen LogP contribution in [0.3, 0.4) is 0 Å². The summed E-state index contributed by atoms with van der Waals surface area (Å²) in [7, 11) is 0. The Labute approximate surface area is 99.0 Å². The van der Waals surface area contributed by atoms with Crippen LogP contribution in [0, 0.1) is 0 Å². The first-order chi connectivity index (χ1) is 8.25. The van der Waals surface area contributed by atoms with Gasteiger partial charge < -0.3 is 14.4 Å². The number of para-hydroxylation sites is 1. The van der Waals surface area contributed by atoms with Gasteiger partial charge in [-0.25, -0.2) is 0 Å². The first-order valence-electron chi connectivity index (χ1n) is 5.44. The van der Waals surface area contributed by atoms with E-state index in [1.165, 1.54) is 0 Å². The maximum Gasteiger partial charge on any atom is 0.230 e. The molecule has 1 aromatic heterocycles. The Balaban J connectivity index is 1.82. The number of aromatic nitrogens is 2. The second kappa shape index (κ2) is 5.45. The van der Waals surface area contributed by atoms with E-state index in [0.29, 0.717) is 24.7 Å². The van der Waals surface area contributed by atoms with Gasteiger partial charge in [0.2, 0.25) is 5.89 Å². The molecule has 0 aliphatic heterocycles. The maximum absolute atomic E-state index is 9.22. The molecule has 0 saturated carbocycles. The topological polar surface area (TPSA) is 68.4 Å². The van der Waals surface area contributed by atoms with Crippen molar-refractivity contribution in [3.05, 3.63) is 42.0 Å². The van der Waals surface area contributed by atoms with Crippen molar-refractivity contribution in [2.24, 2.45) is 0 Å². The van der Waals surface area contributed by atoms with Gasteiger partial charge in [0.25, 0.3) is 0 Å². The predicted octanol–water partition coefficient (Wildman–Crippen LogP) is 1.74. The Hall–Kier alpha value is -1.88. The molecule has 0 fully saturated rings. The van der Waals surface area contributed by atoms with Crippen LogP contribution >= 0.6 is 0 Å². The molecule has 0 radical (unpaired) electrons. The first-order valence-corrected chi connectivity index (χ1v) is 5.44. The highest BCUT2D eigenvalue weighted by molar-refractivity contribution is 5.20. The predicted molar refractivity (Wildman–Crippen MR) is 60.6 cm³/mol. The summed E-state index contributed by atoms with van der Waals surface area (Å²) in [5, 5.41) is 12.9. The Morgan fingerprint density at radius 2 is 2.12 bits per heavy atom.